The number of methoxy groups -OCH3 is 2. The number of benzene rings is 1. The topological polar surface area (TPSA) is 75.1 Å². The summed E-state index contributed by atoms with van der Waals surface area (Å²) in [5.74, 6) is 1.98. The van der Waals surface area contributed by atoms with Gasteiger partial charge in [0, 0.05) is 18.0 Å². The average Bonchev–Trinajstić information content (AvgIpc) is 3.09. The van der Waals surface area contributed by atoms with Gasteiger partial charge in [0.05, 0.1) is 25.1 Å². The minimum absolute atomic E-state index is 0.342. The van der Waals surface area contributed by atoms with Gasteiger partial charge in [0.2, 0.25) is 0 Å². The molecule has 1 aromatic heterocycles. The average molecular weight is 398 g/mol. The third kappa shape index (κ3) is 5.79. The summed E-state index contributed by atoms with van der Waals surface area (Å²) in [4.78, 5) is 5.37. The fourth-order valence-corrected chi connectivity index (χ4v) is 3.34. The number of hydrogen-bond donors (Lipinski definition) is 3. The molecule has 1 unspecified atom stereocenters. The van der Waals surface area contributed by atoms with Crippen molar-refractivity contribution in [1.82, 2.24) is 10.6 Å². The van der Waals surface area contributed by atoms with Gasteiger partial charge in [0.25, 0.3) is 0 Å². The lowest BCUT2D eigenvalue weighted by Crippen LogP contribution is -2.39. The van der Waals surface area contributed by atoms with Crippen LogP contribution in [0.25, 0.3) is 0 Å². The van der Waals surface area contributed by atoms with Crippen LogP contribution >= 0.6 is 22.9 Å². The molecule has 26 heavy (non-hydrogen) atoms. The van der Waals surface area contributed by atoms with Crippen LogP contribution in [0.3, 0.4) is 0 Å². The van der Waals surface area contributed by atoms with E-state index >= 15 is 0 Å². The maximum atomic E-state index is 10.2. The molecule has 6 nitrogen and oxygen atoms in total. The molecule has 1 aromatic carbocycles. The number of guanidine groups is 1. The van der Waals surface area contributed by atoms with Gasteiger partial charge in [-0.15, -0.1) is 11.3 Å². The summed E-state index contributed by atoms with van der Waals surface area (Å²) in [7, 11) is 3.21. The standard InChI is InChI=1S/C18H24ClN3O3S/c1-4-20-18(22-11-13(23)16-7-8-17(19)26-16)21-10-12-5-6-14(24-2)15(9-12)25-3/h5-9,13,23H,4,10-11H2,1-3H3,(H2,20,21,22). The molecule has 2 aromatic rings. The first kappa shape index (κ1) is 20.4. The molecule has 0 bridgehead atoms. The SMILES string of the molecule is CCNC(=NCc1ccc(OC)c(OC)c1)NCC(O)c1ccc(Cl)s1. The van der Waals surface area contributed by atoms with Crippen molar-refractivity contribution in [2.24, 2.45) is 4.99 Å². The first-order chi connectivity index (χ1) is 12.6. The van der Waals surface area contributed by atoms with E-state index in [1.54, 1.807) is 20.3 Å². The summed E-state index contributed by atoms with van der Waals surface area (Å²) < 4.78 is 11.2. The monoisotopic (exact) mass is 397 g/mol. The van der Waals surface area contributed by atoms with E-state index in [0.717, 1.165) is 17.0 Å². The molecule has 1 atom stereocenters. The third-order valence-corrected chi connectivity index (χ3v) is 4.93. The van der Waals surface area contributed by atoms with Crippen molar-refractivity contribution in [2.75, 3.05) is 27.3 Å². The van der Waals surface area contributed by atoms with E-state index in [0.29, 0.717) is 34.9 Å². The molecule has 142 valence electrons. The first-order valence-electron chi connectivity index (χ1n) is 8.23. The molecule has 8 heteroatoms. The quantitative estimate of drug-likeness (QED) is 0.471. The summed E-state index contributed by atoms with van der Waals surface area (Å²) in [5, 5.41) is 16.5. The second-order valence-corrected chi connectivity index (χ2v) is 7.17. The van der Waals surface area contributed by atoms with E-state index in [-0.39, 0.29) is 0 Å². The highest BCUT2D eigenvalue weighted by molar-refractivity contribution is 7.16. The lowest BCUT2D eigenvalue weighted by atomic mass is 10.2. The number of nitrogens with zero attached hydrogens (tertiary/aromatic N) is 1. The number of ether oxygens (including phenoxy) is 2. The molecule has 0 radical (unpaired) electrons. The van der Waals surface area contributed by atoms with Crippen molar-refractivity contribution in [3.8, 4) is 11.5 Å². The van der Waals surface area contributed by atoms with Crippen LogP contribution in [0.15, 0.2) is 35.3 Å². The highest BCUT2D eigenvalue weighted by Crippen LogP contribution is 2.28. The van der Waals surface area contributed by atoms with Gasteiger partial charge >= 0.3 is 0 Å². The molecule has 0 saturated heterocycles. The number of halogens is 1. The fraction of sp³-hybridized carbons (Fsp3) is 0.389. The Balaban J connectivity index is 1.99. The summed E-state index contributed by atoms with van der Waals surface area (Å²) in [6.45, 7) is 3.52. The maximum Gasteiger partial charge on any atom is 0.191 e. The molecule has 0 aliphatic heterocycles. The lowest BCUT2D eigenvalue weighted by Gasteiger charge is -2.14. The van der Waals surface area contributed by atoms with Crippen LogP contribution in [0.1, 0.15) is 23.5 Å². The van der Waals surface area contributed by atoms with Crippen LogP contribution in [0.5, 0.6) is 11.5 Å². The van der Waals surface area contributed by atoms with Gasteiger partial charge < -0.3 is 25.2 Å². The van der Waals surface area contributed by atoms with Crippen molar-refractivity contribution in [1.29, 1.82) is 0 Å². The highest BCUT2D eigenvalue weighted by Gasteiger charge is 2.11. The second kappa shape index (κ2) is 10.3. The van der Waals surface area contributed by atoms with Crippen LogP contribution in [0, 0.1) is 0 Å². The highest BCUT2D eigenvalue weighted by atomic mass is 35.5. The van der Waals surface area contributed by atoms with Crippen LogP contribution in [0.2, 0.25) is 4.34 Å². The summed E-state index contributed by atoms with van der Waals surface area (Å²) in [5.41, 5.74) is 0.991. The Morgan fingerprint density at radius 1 is 1.19 bits per heavy atom. The van der Waals surface area contributed by atoms with E-state index in [4.69, 9.17) is 21.1 Å². The van der Waals surface area contributed by atoms with E-state index in [1.807, 2.05) is 31.2 Å². The van der Waals surface area contributed by atoms with E-state index < -0.39 is 6.10 Å². The van der Waals surface area contributed by atoms with Gasteiger partial charge in [-0.3, -0.25) is 0 Å². The largest absolute Gasteiger partial charge is 0.493 e. The van der Waals surface area contributed by atoms with Gasteiger partial charge in [0.1, 0.15) is 6.10 Å². The zero-order valence-electron chi connectivity index (χ0n) is 15.1. The van der Waals surface area contributed by atoms with E-state index in [1.165, 1.54) is 11.3 Å². The van der Waals surface area contributed by atoms with Gasteiger partial charge in [-0.1, -0.05) is 17.7 Å². The normalized spacial score (nSPS) is 12.6. The van der Waals surface area contributed by atoms with Crippen molar-refractivity contribution in [3.63, 3.8) is 0 Å². The minimum Gasteiger partial charge on any atom is -0.493 e. The number of rotatable bonds is 8. The summed E-state index contributed by atoms with van der Waals surface area (Å²) >= 11 is 7.28. The predicted octanol–water partition coefficient (Wildman–Crippen LogP) is 3.21. The van der Waals surface area contributed by atoms with Crippen molar-refractivity contribution < 1.29 is 14.6 Å². The summed E-state index contributed by atoms with van der Waals surface area (Å²) in [6.07, 6.45) is -0.641. The van der Waals surface area contributed by atoms with Crippen molar-refractivity contribution in [3.05, 3.63) is 45.1 Å². The fourth-order valence-electron chi connectivity index (χ4n) is 2.29. The van der Waals surface area contributed by atoms with Gasteiger partial charge in [-0.25, -0.2) is 4.99 Å². The molecule has 2 rings (SSSR count). The maximum absolute atomic E-state index is 10.2. The zero-order chi connectivity index (χ0) is 18.9. The number of aliphatic imine (C=N–C) groups is 1. The molecule has 0 aliphatic rings. The number of aliphatic hydroxyl groups excluding tert-OH is 1. The Labute approximate surface area is 162 Å². The molecule has 0 amide bonds. The minimum atomic E-state index is -0.641. The molecule has 1 heterocycles. The van der Waals surface area contributed by atoms with Crippen molar-refractivity contribution >= 4 is 28.9 Å². The third-order valence-electron chi connectivity index (χ3n) is 3.60. The molecule has 0 spiro atoms. The van der Waals surface area contributed by atoms with Gasteiger partial charge in [0.15, 0.2) is 17.5 Å². The Hall–Kier alpha value is -1.96. The molecule has 0 aliphatic carbocycles. The number of aliphatic hydroxyl groups is 1. The Morgan fingerprint density at radius 2 is 1.96 bits per heavy atom. The summed E-state index contributed by atoms with van der Waals surface area (Å²) in [6, 6.07) is 9.30. The first-order valence-corrected chi connectivity index (χ1v) is 9.43. The smallest absolute Gasteiger partial charge is 0.191 e. The molecule has 0 saturated carbocycles. The molecule has 0 fully saturated rings. The second-order valence-electron chi connectivity index (χ2n) is 5.42. The molecule has 3 N–H and O–H groups in total. The van der Waals surface area contributed by atoms with Crippen molar-refractivity contribution in [2.45, 2.75) is 19.6 Å². The predicted molar refractivity (Wildman–Crippen MR) is 107 cm³/mol. The van der Waals surface area contributed by atoms with Crippen LogP contribution in [-0.4, -0.2) is 38.4 Å². The van der Waals surface area contributed by atoms with E-state index in [2.05, 4.69) is 15.6 Å². The molecular formula is C18H24ClN3O3S. The van der Waals surface area contributed by atoms with E-state index in [9.17, 15) is 5.11 Å². The van der Waals surface area contributed by atoms with Crippen LogP contribution < -0.4 is 20.1 Å². The van der Waals surface area contributed by atoms with Crippen LogP contribution in [0.4, 0.5) is 0 Å². The van der Waals surface area contributed by atoms with Gasteiger partial charge in [-0.05, 0) is 36.8 Å². The Bertz CT molecular complexity index is 736. The lowest BCUT2D eigenvalue weighted by molar-refractivity contribution is 0.184. The number of thiophene rings is 1. The number of nitrogens with one attached hydrogen (secondary N) is 2. The number of hydrogen-bond acceptors (Lipinski definition) is 5. The Kier molecular flexibility index (Phi) is 8.03. The Morgan fingerprint density at radius 3 is 2.58 bits per heavy atom. The van der Waals surface area contributed by atoms with Crippen LogP contribution in [-0.2, 0) is 6.54 Å². The molecular weight excluding hydrogens is 374 g/mol. The zero-order valence-corrected chi connectivity index (χ0v) is 16.7. The van der Waals surface area contributed by atoms with Gasteiger partial charge in [-0.2, -0.15) is 0 Å².